The molecule has 136 valence electrons. The number of para-hydroxylation sites is 1. The quantitative estimate of drug-likeness (QED) is 0.757. The van der Waals surface area contributed by atoms with Crippen molar-refractivity contribution in [3.63, 3.8) is 0 Å². The third-order valence-electron chi connectivity index (χ3n) is 4.98. The molecular weight excluding hydrogens is 344 g/mol. The number of carbonyl (C=O) groups excluding carboxylic acids is 1. The van der Waals surface area contributed by atoms with Gasteiger partial charge < -0.3 is 19.4 Å². The first kappa shape index (κ1) is 15.9. The van der Waals surface area contributed by atoms with Gasteiger partial charge in [0, 0.05) is 31.1 Å². The fraction of sp³-hybridized carbons (Fsp3) is 0.250. The van der Waals surface area contributed by atoms with Crippen LogP contribution in [0, 0.1) is 0 Å². The molecule has 1 amide bonds. The van der Waals surface area contributed by atoms with Crippen molar-refractivity contribution in [2.45, 2.75) is 12.5 Å². The molecule has 0 fully saturated rings. The number of carbonyl (C=O) groups is 1. The molecule has 2 aliphatic heterocycles. The molecule has 1 N–H and O–H groups in total. The van der Waals surface area contributed by atoms with Gasteiger partial charge in [0.1, 0.15) is 19.3 Å². The average Bonchev–Trinajstić information content (AvgIpc) is 3.21. The van der Waals surface area contributed by atoms with Gasteiger partial charge in [-0.1, -0.05) is 12.1 Å². The van der Waals surface area contributed by atoms with Crippen LogP contribution in [0.15, 0.2) is 49.1 Å². The van der Waals surface area contributed by atoms with Crippen molar-refractivity contribution in [2.75, 3.05) is 19.8 Å². The second kappa shape index (κ2) is 6.42. The lowest BCUT2D eigenvalue weighted by Gasteiger charge is -2.35. The van der Waals surface area contributed by atoms with E-state index in [9.17, 15) is 4.79 Å². The molecule has 0 spiro atoms. The first-order chi connectivity index (χ1) is 13.3. The van der Waals surface area contributed by atoms with Crippen LogP contribution in [0.25, 0.3) is 0 Å². The van der Waals surface area contributed by atoms with E-state index in [4.69, 9.17) is 9.47 Å². The number of benzene rings is 1. The number of hydrogen-bond acceptors (Lipinski definition) is 5. The molecule has 3 aromatic rings. The molecule has 0 saturated heterocycles. The molecule has 27 heavy (non-hydrogen) atoms. The highest BCUT2D eigenvalue weighted by Crippen LogP contribution is 2.38. The number of aromatic amines is 1. The number of amides is 1. The molecule has 1 atom stereocenters. The zero-order chi connectivity index (χ0) is 18.2. The second-order valence-electron chi connectivity index (χ2n) is 6.53. The highest BCUT2D eigenvalue weighted by atomic mass is 16.6. The van der Waals surface area contributed by atoms with Gasteiger partial charge in [0.15, 0.2) is 11.5 Å². The van der Waals surface area contributed by atoms with Gasteiger partial charge in [-0.2, -0.15) is 0 Å². The molecule has 1 aromatic carbocycles. The molecule has 2 aliphatic rings. The van der Waals surface area contributed by atoms with Crippen molar-refractivity contribution in [3.05, 3.63) is 71.6 Å². The molecule has 0 bridgehead atoms. The Labute approximate surface area is 156 Å². The molecule has 5 rings (SSSR count). The second-order valence-corrected chi connectivity index (χ2v) is 6.53. The summed E-state index contributed by atoms with van der Waals surface area (Å²) in [5.41, 5.74) is 3.37. The summed E-state index contributed by atoms with van der Waals surface area (Å²) in [5, 5.41) is 0. The van der Waals surface area contributed by atoms with Crippen molar-refractivity contribution < 1.29 is 14.3 Å². The van der Waals surface area contributed by atoms with Crippen LogP contribution in [0.4, 0.5) is 0 Å². The van der Waals surface area contributed by atoms with E-state index >= 15 is 0 Å². The number of nitrogens with zero attached hydrogens (tertiary/aromatic N) is 3. The zero-order valence-corrected chi connectivity index (χ0v) is 14.6. The van der Waals surface area contributed by atoms with Crippen LogP contribution in [0.3, 0.4) is 0 Å². The lowest BCUT2D eigenvalue weighted by molar-refractivity contribution is 0.0680. The maximum absolute atomic E-state index is 13.5. The Morgan fingerprint density at radius 3 is 3.00 bits per heavy atom. The van der Waals surface area contributed by atoms with Crippen LogP contribution in [0.2, 0.25) is 0 Å². The van der Waals surface area contributed by atoms with Gasteiger partial charge in [0.05, 0.1) is 17.6 Å². The minimum atomic E-state index is -0.290. The van der Waals surface area contributed by atoms with E-state index in [1.54, 1.807) is 24.8 Å². The van der Waals surface area contributed by atoms with Crippen LogP contribution in [-0.2, 0) is 6.42 Å². The molecule has 2 aromatic heterocycles. The van der Waals surface area contributed by atoms with E-state index in [1.165, 1.54) is 0 Å². The Bertz CT molecular complexity index is 986. The topological polar surface area (TPSA) is 80.3 Å². The molecule has 7 nitrogen and oxygen atoms in total. The lowest BCUT2D eigenvalue weighted by atomic mass is 9.95. The van der Waals surface area contributed by atoms with E-state index in [2.05, 4.69) is 15.0 Å². The summed E-state index contributed by atoms with van der Waals surface area (Å²) in [7, 11) is 0. The Morgan fingerprint density at radius 2 is 2.11 bits per heavy atom. The Morgan fingerprint density at radius 1 is 1.19 bits per heavy atom. The molecule has 0 aliphatic carbocycles. The monoisotopic (exact) mass is 362 g/mol. The number of pyridine rings is 1. The van der Waals surface area contributed by atoms with Gasteiger partial charge in [-0.15, -0.1) is 0 Å². The standard InChI is InChI=1S/C20H18N4O3/c25-20(14-4-1-5-16-19(14)27-10-9-26-16)24-8-6-15-17(23-12-22-15)18(24)13-3-2-7-21-11-13/h1-5,7,11-12,18H,6,8-10H2,(H,22,23). The first-order valence-electron chi connectivity index (χ1n) is 8.94. The zero-order valence-electron chi connectivity index (χ0n) is 14.6. The number of ether oxygens (including phenoxy) is 2. The van der Waals surface area contributed by atoms with Crippen LogP contribution < -0.4 is 9.47 Å². The number of imidazole rings is 1. The molecular formula is C20H18N4O3. The summed E-state index contributed by atoms with van der Waals surface area (Å²) < 4.78 is 11.4. The summed E-state index contributed by atoms with van der Waals surface area (Å²) in [6.45, 7) is 1.51. The molecule has 4 heterocycles. The number of aromatic nitrogens is 3. The largest absolute Gasteiger partial charge is 0.486 e. The van der Waals surface area contributed by atoms with Crippen LogP contribution in [-0.4, -0.2) is 45.5 Å². The van der Waals surface area contributed by atoms with Gasteiger partial charge >= 0.3 is 0 Å². The average molecular weight is 362 g/mol. The van der Waals surface area contributed by atoms with Gasteiger partial charge in [-0.05, 0) is 23.8 Å². The minimum absolute atomic E-state index is 0.0974. The predicted molar refractivity (Wildman–Crippen MR) is 96.8 cm³/mol. The fourth-order valence-electron chi connectivity index (χ4n) is 3.77. The predicted octanol–water partition coefficient (Wildman–Crippen LogP) is 2.36. The van der Waals surface area contributed by atoms with Crippen molar-refractivity contribution >= 4 is 5.91 Å². The van der Waals surface area contributed by atoms with E-state index in [1.807, 2.05) is 29.2 Å². The Kier molecular flexibility index (Phi) is 3.78. The summed E-state index contributed by atoms with van der Waals surface area (Å²) >= 11 is 0. The number of fused-ring (bicyclic) bond motifs is 2. The maximum Gasteiger partial charge on any atom is 0.258 e. The third-order valence-corrected chi connectivity index (χ3v) is 4.98. The van der Waals surface area contributed by atoms with Gasteiger partial charge in [-0.25, -0.2) is 4.98 Å². The number of hydrogen-bond donors (Lipinski definition) is 1. The van der Waals surface area contributed by atoms with Gasteiger partial charge in [0.25, 0.3) is 5.91 Å². The smallest absolute Gasteiger partial charge is 0.258 e. The van der Waals surface area contributed by atoms with E-state index in [0.717, 1.165) is 23.4 Å². The van der Waals surface area contributed by atoms with Crippen LogP contribution in [0.5, 0.6) is 11.5 Å². The van der Waals surface area contributed by atoms with E-state index in [-0.39, 0.29) is 11.9 Å². The van der Waals surface area contributed by atoms with Crippen molar-refractivity contribution in [1.82, 2.24) is 19.9 Å². The van der Waals surface area contributed by atoms with Crippen molar-refractivity contribution in [3.8, 4) is 11.5 Å². The fourth-order valence-corrected chi connectivity index (χ4v) is 3.77. The van der Waals surface area contributed by atoms with Gasteiger partial charge in [-0.3, -0.25) is 9.78 Å². The van der Waals surface area contributed by atoms with Crippen LogP contribution >= 0.6 is 0 Å². The Balaban J connectivity index is 1.59. The third kappa shape index (κ3) is 2.63. The van der Waals surface area contributed by atoms with E-state index < -0.39 is 0 Å². The van der Waals surface area contributed by atoms with Crippen molar-refractivity contribution in [1.29, 1.82) is 0 Å². The SMILES string of the molecule is O=C(c1cccc2c1OCCO2)N1CCc2[nH]cnc2C1c1cccnc1. The number of rotatable bonds is 2. The summed E-state index contributed by atoms with van der Waals surface area (Å²) in [4.78, 5) is 27.3. The molecule has 7 heteroatoms. The first-order valence-corrected chi connectivity index (χ1v) is 8.94. The summed E-state index contributed by atoms with van der Waals surface area (Å²) in [6.07, 6.45) is 5.92. The lowest BCUT2D eigenvalue weighted by Crippen LogP contribution is -2.41. The number of H-pyrrole nitrogens is 1. The maximum atomic E-state index is 13.5. The highest BCUT2D eigenvalue weighted by Gasteiger charge is 2.36. The van der Waals surface area contributed by atoms with Crippen LogP contribution in [0.1, 0.15) is 33.4 Å². The molecule has 0 radical (unpaired) electrons. The number of nitrogens with one attached hydrogen (secondary N) is 1. The normalized spacial score (nSPS) is 18.1. The minimum Gasteiger partial charge on any atom is -0.486 e. The highest BCUT2D eigenvalue weighted by molar-refractivity contribution is 5.98. The van der Waals surface area contributed by atoms with E-state index in [0.29, 0.717) is 36.8 Å². The molecule has 1 unspecified atom stereocenters. The van der Waals surface area contributed by atoms with Gasteiger partial charge in [0.2, 0.25) is 0 Å². The van der Waals surface area contributed by atoms with Crippen molar-refractivity contribution in [2.24, 2.45) is 0 Å². The molecule has 0 saturated carbocycles. The Hall–Kier alpha value is -3.35. The summed E-state index contributed by atoms with van der Waals surface area (Å²) in [5.74, 6) is 1.04. The summed E-state index contributed by atoms with van der Waals surface area (Å²) in [6, 6.07) is 9.00.